The fourth-order valence-corrected chi connectivity index (χ4v) is 2.56. The van der Waals surface area contributed by atoms with Gasteiger partial charge < -0.3 is 15.4 Å². The van der Waals surface area contributed by atoms with E-state index in [1.165, 1.54) is 0 Å². The minimum absolute atomic E-state index is 0.101. The van der Waals surface area contributed by atoms with Crippen molar-refractivity contribution in [1.29, 1.82) is 0 Å². The smallest absolute Gasteiger partial charge is 0.226 e. The molecule has 4 nitrogen and oxygen atoms in total. The standard InChI is InChI=1S/C21H26N2O2S/c1-16(2)13-14-25-19-10-6-9-18(15-19)22-21(26)23-20(24)12-11-17-7-4-3-5-8-17/h3-10,15-16H,11-14H2,1-2H3,(H2,22,23,24,26). The van der Waals surface area contributed by atoms with Gasteiger partial charge in [-0.3, -0.25) is 4.79 Å². The maximum absolute atomic E-state index is 12.0. The van der Waals surface area contributed by atoms with E-state index in [2.05, 4.69) is 24.5 Å². The summed E-state index contributed by atoms with van der Waals surface area (Å²) in [4.78, 5) is 12.0. The van der Waals surface area contributed by atoms with Crippen LogP contribution in [-0.2, 0) is 11.2 Å². The van der Waals surface area contributed by atoms with E-state index in [0.29, 0.717) is 30.5 Å². The summed E-state index contributed by atoms with van der Waals surface area (Å²) in [6, 6.07) is 17.5. The number of benzene rings is 2. The van der Waals surface area contributed by atoms with Crippen molar-refractivity contribution in [2.24, 2.45) is 5.92 Å². The van der Waals surface area contributed by atoms with Crippen LogP contribution in [0.15, 0.2) is 54.6 Å². The minimum atomic E-state index is -0.101. The van der Waals surface area contributed by atoms with E-state index in [0.717, 1.165) is 23.4 Å². The van der Waals surface area contributed by atoms with Crippen LogP contribution < -0.4 is 15.4 Å². The third-order valence-corrected chi connectivity index (χ3v) is 4.00. The normalized spacial score (nSPS) is 10.4. The van der Waals surface area contributed by atoms with Gasteiger partial charge in [0.1, 0.15) is 5.75 Å². The predicted molar refractivity (Wildman–Crippen MR) is 111 cm³/mol. The number of hydrogen-bond donors (Lipinski definition) is 2. The number of thiocarbonyl (C=S) groups is 1. The molecular weight excluding hydrogens is 344 g/mol. The van der Waals surface area contributed by atoms with E-state index in [1.54, 1.807) is 0 Å². The first-order valence-electron chi connectivity index (χ1n) is 8.90. The fraction of sp³-hybridized carbons (Fsp3) is 0.333. The number of carbonyl (C=O) groups excluding carboxylic acids is 1. The number of ether oxygens (including phenoxy) is 1. The Kier molecular flexibility index (Phi) is 8.09. The Morgan fingerprint density at radius 2 is 1.88 bits per heavy atom. The molecule has 2 aromatic rings. The highest BCUT2D eigenvalue weighted by Crippen LogP contribution is 2.18. The average molecular weight is 371 g/mol. The van der Waals surface area contributed by atoms with E-state index in [9.17, 15) is 4.79 Å². The molecule has 0 saturated heterocycles. The molecule has 0 atom stereocenters. The topological polar surface area (TPSA) is 50.4 Å². The van der Waals surface area contributed by atoms with E-state index < -0.39 is 0 Å². The second kappa shape index (κ2) is 10.6. The molecule has 0 aliphatic carbocycles. The van der Waals surface area contributed by atoms with Crippen LogP contribution in [0.1, 0.15) is 32.3 Å². The largest absolute Gasteiger partial charge is 0.494 e. The van der Waals surface area contributed by atoms with Crippen molar-refractivity contribution in [3.8, 4) is 5.75 Å². The average Bonchev–Trinajstić information content (AvgIpc) is 2.61. The molecule has 2 rings (SSSR count). The van der Waals surface area contributed by atoms with Gasteiger partial charge in [-0.15, -0.1) is 0 Å². The van der Waals surface area contributed by atoms with Gasteiger partial charge in [-0.05, 0) is 48.7 Å². The molecule has 0 aliphatic heterocycles. The quantitative estimate of drug-likeness (QED) is 0.669. The van der Waals surface area contributed by atoms with Crippen molar-refractivity contribution >= 4 is 28.9 Å². The Hall–Kier alpha value is -2.40. The zero-order valence-corrected chi connectivity index (χ0v) is 16.1. The van der Waals surface area contributed by atoms with Crippen molar-refractivity contribution < 1.29 is 9.53 Å². The highest BCUT2D eigenvalue weighted by molar-refractivity contribution is 7.80. The molecule has 138 valence electrons. The van der Waals surface area contributed by atoms with Gasteiger partial charge in [0, 0.05) is 18.2 Å². The van der Waals surface area contributed by atoms with Crippen molar-refractivity contribution in [3.05, 3.63) is 60.2 Å². The monoisotopic (exact) mass is 370 g/mol. The Morgan fingerprint density at radius 1 is 1.12 bits per heavy atom. The van der Waals surface area contributed by atoms with E-state index in [1.807, 2.05) is 54.6 Å². The maximum atomic E-state index is 12.0. The Bertz CT molecular complexity index is 717. The Labute approximate surface area is 161 Å². The molecule has 0 spiro atoms. The molecule has 0 bridgehead atoms. The summed E-state index contributed by atoms with van der Waals surface area (Å²) >= 11 is 5.22. The minimum Gasteiger partial charge on any atom is -0.494 e. The predicted octanol–water partition coefficient (Wildman–Crippen LogP) is 4.56. The van der Waals surface area contributed by atoms with Gasteiger partial charge in [-0.1, -0.05) is 50.2 Å². The molecule has 5 heteroatoms. The molecule has 0 aromatic heterocycles. The SMILES string of the molecule is CC(C)CCOc1cccc(NC(=S)NC(=O)CCc2ccccc2)c1. The number of anilines is 1. The molecule has 0 heterocycles. The van der Waals surface area contributed by atoms with Crippen molar-refractivity contribution in [3.63, 3.8) is 0 Å². The summed E-state index contributed by atoms with van der Waals surface area (Å²) in [5, 5.41) is 6.04. The Morgan fingerprint density at radius 3 is 2.62 bits per heavy atom. The van der Waals surface area contributed by atoms with E-state index in [4.69, 9.17) is 17.0 Å². The van der Waals surface area contributed by atoms with Crippen LogP contribution in [-0.4, -0.2) is 17.6 Å². The lowest BCUT2D eigenvalue weighted by molar-refractivity contribution is -0.119. The second-order valence-corrected chi connectivity index (χ2v) is 6.95. The van der Waals surface area contributed by atoms with Crippen LogP contribution in [0.2, 0.25) is 0 Å². The molecule has 0 aliphatic rings. The maximum Gasteiger partial charge on any atom is 0.226 e. The summed E-state index contributed by atoms with van der Waals surface area (Å²) in [7, 11) is 0. The van der Waals surface area contributed by atoms with Gasteiger partial charge in [-0.2, -0.15) is 0 Å². The Balaban J connectivity index is 1.77. The third kappa shape index (κ3) is 7.66. The highest BCUT2D eigenvalue weighted by atomic mass is 32.1. The first-order valence-corrected chi connectivity index (χ1v) is 9.31. The molecule has 0 saturated carbocycles. The van der Waals surface area contributed by atoms with Crippen molar-refractivity contribution in [1.82, 2.24) is 5.32 Å². The molecular formula is C21H26N2O2S. The second-order valence-electron chi connectivity index (χ2n) is 6.55. The summed E-state index contributed by atoms with van der Waals surface area (Å²) in [5.41, 5.74) is 1.92. The van der Waals surface area contributed by atoms with Gasteiger partial charge >= 0.3 is 0 Å². The number of nitrogens with one attached hydrogen (secondary N) is 2. The van der Waals surface area contributed by atoms with E-state index in [-0.39, 0.29) is 5.91 Å². The molecule has 0 radical (unpaired) electrons. The molecule has 2 aromatic carbocycles. The molecule has 0 fully saturated rings. The van der Waals surface area contributed by atoms with Crippen LogP contribution >= 0.6 is 12.2 Å². The molecule has 1 amide bonds. The van der Waals surface area contributed by atoms with Crippen LogP contribution in [0.4, 0.5) is 5.69 Å². The summed E-state index contributed by atoms with van der Waals surface area (Å²) in [5.74, 6) is 1.29. The molecule has 26 heavy (non-hydrogen) atoms. The number of carbonyl (C=O) groups is 1. The lowest BCUT2D eigenvalue weighted by Crippen LogP contribution is -2.34. The first kappa shape index (κ1) is 19.9. The van der Waals surface area contributed by atoms with Gasteiger partial charge in [-0.25, -0.2) is 0 Å². The van der Waals surface area contributed by atoms with Crippen LogP contribution in [0, 0.1) is 5.92 Å². The van der Waals surface area contributed by atoms with Crippen LogP contribution in [0.3, 0.4) is 0 Å². The third-order valence-electron chi connectivity index (χ3n) is 3.79. The van der Waals surface area contributed by atoms with Crippen LogP contribution in [0.5, 0.6) is 5.75 Å². The lowest BCUT2D eigenvalue weighted by Gasteiger charge is -2.12. The zero-order chi connectivity index (χ0) is 18.8. The van der Waals surface area contributed by atoms with Crippen LogP contribution in [0.25, 0.3) is 0 Å². The number of aryl methyl sites for hydroxylation is 1. The first-order chi connectivity index (χ1) is 12.5. The highest BCUT2D eigenvalue weighted by Gasteiger charge is 2.06. The zero-order valence-electron chi connectivity index (χ0n) is 15.3. The fourth-order valence-electron chi connectivity index (χ4n) is 2.33. The molecule has 2 N–H and O–H groups in total. The van der Waals surface area contributed by atoms with E-state index >= 15 is 0 Å². The summed E-state index contributed by atoms with van der Waals surface area (Å²) in [6.45, 7) is 5.02. The lowest BCUT2D eigenvalue weighted by atomic mass is 10.1. The van der Waals surface area contributed by atoms with Gasteiger partial charge in [0.05, 0.1) is 6.61 Å². The summed E-state index contributed by atoms with van der Waals surface area (Å²) in [6.07, 6.45) is 2.09. The summed E-state index contributed by atoms with van der Waals surface area (Å²) < 4.78 is 5.74. The number of amides is 1. The van der Waals surface area contributed by atoms with Gasteiger partial charge in [0.25, 0.3) is 0 Å². The number of hydrogen-bond acceptors (Lipinski definition) is 3. The number of rotatable bonds is 8. The van der Waals surface area contributed by atoms with Gasteiger partial charge in [0.15, 0.2) is 5.11 Å². The molecule has 0 unspecified atom stereocenters. The van der Waals surface area contributed by atoms with Gasteiger partial charge in [0.2, 0.25) is 5.91 Å². The van der Waals surface area contributed by atoms with Crippen molar-refractivity contribution in [2.45, 2.75) is 33.1 Å². The van der Waals surface area contributed by atoms with Crippen molar-refractivity contribution in [2.75, 3.05) is 11.9 Å².